The molecule has 2 atom stereocenters. The van der Waals surface area contributed by atoms with Crippen molar-refractivity contribution in [2.24, 2.45) is 0 Å². The van der Waals surface area contributed by atoms with Crippen molar-refractivity contribution in [1.29, 1.82) is 0 Å². The molecule has 1 N–H and O–H groups in total. The molecule has 4 heteroatoms. The van der Waals surface area contributed by atoms with Crippen LogP contribution in [-0.2, 0) is 20.8 Å². The molecule has 0 unspecified atom stereocenters. The molecular weight excluding hydrogens is 376 g/mol. The number of ether oxygens (including phenoxy) is 3. The summed E-state index contributed by atoms with van der Waals surface area (Å²) in [4.78, 5) is 0. The van der Waals surface area contributed by atoms with Crippen LogP contribution in [0, 0.1) is 0 Å². The predicted octanol–water partition coefficient (Wildman–Crippen LogP) is 6.42. The summed E-state index contributed by atoms with van der Waals surface area (Å²) in [6.45, 7) is 3.26. The van der Waals surface area contributed by atoms with Gasteiger partial charge in [0.15, 0.2) is 0 Å². The maximum atomic E-state index is 10.2. The van der Waals surface area contributed by atoms with Crippen LogP contribution in [0.5, 0.6) is 0 Å². The molecule has 0 aromatic heterocycles. The number of benzene rings is 1. The fourth-order valence-electron chi connectivity index (χ4n) is 3.40. The number of methoxy groups -OCH3 is 1. The predicted molar refractivity (Wildman–Crippen MR) is 124 cm³/mol. The normalized spacial score (nSPS) is 13.7. The fourth-order valence-corrected chi connectivity index (χ4v) is 3.40. The molecule has 0 radical (unpaired) electrons. The van der Waals surface area contributed by atoms with E-state index in [9.17, 15) is 5.11 Å². The number of allylic oxidation sites excluding steroid dienone is 1. The first-order valence-corrected chi connectivity index (χ1v) is 11.8. The maximum absolute atomic E-state index is 10.2. The first kappa shape index (κ1) is 26.8. The van der Waals surface area contributed by atoms with E-state index in [1.807, 2.05) is 18.2 Å². The van der Waals surface area contributed by atoms with Crippen LogP contribution in [-0.4, -0.2) is 37.8 Å². The first-order chi connectivity index (χ1) is 14.8. The van der Waals surface area contributed by atoms with Gasteiger partial charge in [0.25, 0.3) is 0 Å². The van der Waals surface area contributed by atoms with Gasteiger partial charge in [-0.05, 0) is 18.4 Å². The van der Waals surface area contributed by atoms with E-state index in [0.717, 1.165) is 12.0 Å². The van der Waals surface area contributed by atoms with Gasteiger partial charge in [-0.2, -0.15) is 0 Å². The number of aliphatic hydroxyl groups excluding tert-OH is 1. The quantitative estimate of drug-likeness (QED) is 0.150. The van der Waals surface area contributed by atoms with Gasteiger partial charge in [0.05, 0.1) is 25.4 Å². The average Bonchev–Trinajstić information content (AvgIpc) is 2.76. The molecule has 0 aliphatic heterocycles. The maximum Gasteiger partial charge on any atom is 0.146 e. The summed E-state index contributed by atoms with van der Waals surface area (Å²) >= 11 is 0. The zero-order chi connectivity index (χ0) is 21.7. The van der Waals surface area contributed by atoms with Gasteiger partial charge in [-0.15, -0.1) is 0 Å². The monoisotopic (exact) mass is 420 g/mol. The third-order valence-electron chi connectivity index (χ3n) is 5.15. The van der Waals surface area contributed by atoms with Gasteiger partial charge < -0.3 is 19.3 Å². The van der Waals surface area contributed by atoms with Gasteiger partial charge in [0.1, 0.15) is 6.79 Å². The highest BCUT2D eigenvalue weighted by molar-refractivity contribution is 5.13. The Hall–Kier alpha value is -1.20. The Kier molecular flexibility index (Phi) is 17.7. The molecule has 30 heavy (non-hydrogen) atoms. The van der Waals surface area contributed by atoms with E-state index in [1.165, 1.54) is 57.8 Å². The lowest BCUT2D eigenvalue weighted by Crippen LogP contribution is -2.24. The van der Waals surface area contributed by atoms with E-state index < -0.39 is 6.10 Å². The Morgan fingerprint density at radius 2 is 1.60 bits per heavy atom. The van der Waals surface area contributed by atoms with Crippen molar-refractivity contribution in [3.63, 3.8) is 0 Å². The molecule has 0 aliphatic rings. The third-order valence-corrected chi connectivity index (χ3v) is 5.15. The Labute approximate surface area is 184 Å². The number of rotatable bonds is 20. The third kappa shape index (κ3) is 15.6. The van der Waals surface area contributed by atoms with Crippen molar-refractivity contribution in [3.8, 4) is 0 Å². The summed E-state index contributed by atoms with van der Waals surface area (Å²) in [6.07, 6.45) is 17.3. The summed E-state index contributed by atoms with van der Waals surface area (Å²) in [5, 5.41) is 10.2. The minimum Gasteiger partial charge on any atom is -0.391 e. The van der Waals surface area contributed by atoms with Crippen molar-refractivity contribution in [1.82, 2.24) is 0 Å². The van der Waals surface area contributed by atoms with Crippen molar-refractivity contribution >= 4 is 0 Å². The van der Waals surface area contributed by atoms with Crippen LogP contribution in [0.25, 0.3) is 0 Å². The molecule has 0 amide bonds. The first-order valence-electron chi connectivity index (χ1n) is 11.8. The van der Waals surface area contributed by atoms with Crippen LogP contribution in [0.3, 0.4) is 0 Å². The zero-order valence-corrected chi connectivity index (χ0v) is 19.3. The minimum atomic E-state index is -0.571. The Bertz CT molecular complexity index is 503. The standard InChI is InChI=1S/C26H44O4/c1-3-4-5-6-7-8-9-10-11-12-16-19-26(20-25(27)22-29-23-28-2)30-21-24-17-14-13-15-18-24/h13-19,25-27H,3-12,20-23H2,1-2H3/b19-16+/t25-,26+/m0/s1. The molecule has 0 bridgehead atoms. The second-order valence-corrected chi connectivity index (χ2v) is 8.05. The van der Waals surface area contributed by atoms with E-state index in [-0.39, 0.29) is 19.5 Å². The summed E-state index contributed by atoms with van der Waals surface area (Å²) in [6, 6.07) is 10.1. The van der Waals surface area contributed by atoms with E-state index in [2.05, 4.69) is 31.2 Å². The van der Waals surface area contributed by atoms with E-state index in [0.29, 0.717) is 13.0 Å². The van der Waals surface area contributed by atoms with Crippen LogP contribution in [0.15, 0.2) is 42.5 Å². The van der Waals surface area contributed by atoms with Gasteiger partial charge in [-0.3, -0.25) is 0 Å². The molecule has 1 aromatic carbocycles. The number of hydrogen-bond donors (Lipinski definition) is 1. The summed E-state index contributed by atoms with van der Waals surface area (Å²) in [5.41, 5.74) is 1.14. The SMILES string of the molecule is CCCCCCCCCCC/C=C/[C@H](C[C@H](O)COCOC)OCc1ccccc1. The molecule has 0 aliphatic carbocycles. The van der Waals surface area contributed by atoms with E-state index in [4.69, 9.17) is 14.2 Å². The molecule has 4 nitrogen and oxygen atoms in total. The molecule has 0 heterocycles. The number of hydrogen-bond acceptors (Lipinski definition) is 4. The zero-order valence-electron chi connectivity index (χ0n) is 19.3. The Morgan fingerprint density at radius 1 is 0.933 bits per heavy atom. The second kappa shape index (κ2) is 19.7. The molecule has 1 aromatic rings. The largest absolute Gasteiger partial charge is 0.391 e. The summed E-state index contributed by atoms with van der Waals surface area (Å²) in [7, 11) is 1.58. The number of aliphatic hydroxyl groups is 1. The summed E-state index contributed by atoms with van der Waals surface area (Å²) in [5.74, 6) is 0. The van der Waals surface area contributed by atoms with Gasteiger partial charge in [-0.25, -0.2) is 0 Å². The van der Waals surface area contributed by atoms with Crippen molar-refractivity contribution < 1.29 is 19.3 Å². The lowest BCUT2D eigenvalue weighted by molar-refractivity contribution is -0.0715. The number of unbranched alkanes of at least 4 members (excludes halogenated alkanes) is 9. The van der Waals surface area contributed by atoms with Crippen LogP contribution < -0.4 is 0 Å². The molecule has 0 spiro atoms. The molecule has 172 valence electrons. The van der Waals surface area contributed by atoms with Crippen LogP contribution >= 0.6 is 0 Å². The molecule has 1 rings (SSSR count). The highest BCUT2D eigenvalue weighted by atomic mass is 16.7. The van der Waals surface area contributed by atoms with Crippen molar-refractivity contribution in [2.75, 3.05) is 20.5 Å². The van der Waals surface area contributed by atoms with Gasteiger partial charge >= 0.3 is 0 Å². The lowest BCUT2D eigenvalue weighted by atomic mass is 10.1. The molecular formula is C26H44O4. The minimum absolute atomic E-state index is 0.120. The fraction of sp³-hybridized carbons (Fsp3) is 0.692. The Balaban J connectivity index is 2.27. The molecule has 0 saturated carbocycles. The second-order valence-electron chi connectivity index (χ2n) is 8.05. The lowest BCUT2D eigenvalue weighted by Gasteiger charge is -2.18. The van der Waals surface area contributed by atoms with E-state index >= 15 is 0 Å². The van der Waals surface area contributed by atoms with Crippen LogP contribution in [0.2, 0.25) is 0 Å². The van der Waals surface area contributed by atoms with Gasteiger partial charge in [-0.1, -0.05) is 101 Å². The van der Waals surface area contributed by atoms with Crippen molar-refractivity contribution in [2.45, 2.75) is 96.4 Å². The molecule has 0 saturated heterocycles. The Morgan fingerprint density at radius 3 is 2.27 bits per heavy atom. The van der Waals surface area contributed by atoms with Crippen LogP contribution in [0.4, 0.5) is 0 Å². The highest BCUT2D eigenvalue weighted by Crippen LogP contribution is 2.13. The van der Waals surface area contributed by atoms with Crippen LogP contribution in [0.1, 0.15) is 83.1 Å². The van der Waals surface area contributed by atoms with E-state index in [1.54, 1.807) is 7.11 Å². The summed E-state index contributed by atoms with van der Waals surface area (Å²) < 4.78 is 16.2. The van der Waals surface area contributed by atoms with Gasteiger partial charge in [0.2, 0.25) is 0 Å². The highest BCUT2D eigenvalue weighted by Gasteiger charge is 2.13. The average molecular weight is 421 g/mol. The van der Waals surface area contributed by atoms with Crippen molar-refractivity contribution in [3.05, 3.63) is 48.0 Å². The smallest absolute Gasteiger partial charge is 0.146 e. The topological polar surface area (TPSA) is 47.9 Å². The molecule has 0 fully saturated rings. The van der Waals surface area contributed by atoms with Gasteiger partial charge in [0, 0.05) is 13.5 Å².